The molecule has 7 nitrogen and oxygen atoms in total. The van der Waals surface area contributed by atoms with Gasteiger partial charge in [0.1, 0.15) is 17.1 Å². The van der Waals surface area contributed by atoms with Gasteiger partial charge in [-0.3, -0.25) is 9.97 Å². The first kappa shape index (κ1) is 18.4. The number of hydrogen-bond acceptors (Lipinski definition) is 8. The highest BCUT2D eigenvalue weighted by atomic mass is 32.2. The van der Waals surface area contributed by atoms with E-state index in [-0.39, 0.29) is 18.3 Å². The number of ether oxygens (including phenoxy) is 1. The number of morpholine rings is 1. The minimum Gasteiger partial charge on any atom is -0.394 e. The van der Waals surface area contributed by atoms with Gasteiger partial charge in [0.15, 0.2) is 0 Å². The van der Waals surface area contributed by atoms with Crippen molar-refractivity contribution in [3.8, 4) is 6.07 Å². The molecule has 0 radical (unpaired) electrons. The summed E-state index contributed by atoms with van der Waals surface area (Å²) >= 11 is 1.66. The molecule has 2 heterocycles. The van der Waals surface area contributed by atoms with Gasteiger partial charge in [0, 0.05) is 36.5 Å². The third-order valence-electron chi connectivity index (χ3n) is 5.10. The zero-order valence-corrected chi connectivity index (χ0v) is 15.9. The lowest BCUT2D eigenvalue weighted by Crippen LogP contribution is -2.49. The molecule has 2 unspecified atom stereocenters. The molecule has 2 aliphatic rings. The number of nitrogens with zero attached hydrogens (tertiary/aromatic N) is 4. The quantitative estimate of drug-likeness (QED) is 0.793. The van der Waals surface area contributed by atoms with E-state index in [0.29, 0.717) is 22.1 Å². The van der Waals surface area contributed by atoms with Crippen LogP contribution in [-0.4, -0.2) is 68.7 Å². The molecular formula is C19H22N4O3S. The van der Waals surface area contributed by atoms with Gasteiger partial charge in [-0.2, -0.15) is 17.0 Å². The Morgan fingerprint density at radius 1 is 1.41 bits per heavy atom. The lowest BCUT2D eigenvalue weighted by atomic mass is 10.1. The molecular weight excluding hydrogens is 364 g/mol. The van der Waals surface area contributed by atoms with Crippen LogP contribution < -0.4 is 4.90 Å². The van der Waals surface area contributed by atoms with Crippen molar-refractivity contribution in [1.82, 2.24) is 9.97 Å². The Kier molecular flexibility index (Phi) is 4.95. The highest BCUT2D eigenvalue weighted by molar-refractivity contribution is 8.00. The van der Waals surface area contributed by atoms with E-state index in [4.69, 9.17) is 9.84 Å². The van der Waals surface area contributed by atoms with Crippen molar-refractivity contribution in [2.45, 2.75) is 36.4 Å². The minimum absolute atomic E-state index is 0.0643. The number of aliphatic hydroxyl groups is 2. The maximum Gasteiger partial charge on any atom is 0.113 e. The van der Waals surface area contributed by atoms with Crippen LogP contribution >= 0.6 is 11.8 Å². The van der Waals surface area contributed by atoms with E-state index in [2.05, 4.69) is 27.9 Å². The summed E-state index contributed by atoms with van der Waals surface area (Å²) in [6.45, 7) is 3.33. The van der Waals surface area contributed by atoms with Gasteiger partial charge in [0.05, 0.1) is 35.7 Å². The molecule has 2 N–H and O–H groups in total. The summed E-state index contributed by atoms with van der Waals surface area (Å²) in [6, 6.07) is 5.93. The van der Waals surface area contributed by atoms with Crippen molar-refractivity contribution in [1.29, 1.82) is 5.26 Å². The van der Waals surface area contributed by atoms with Gasteiger partial charge in [-0.05, 0) is 25.5 Å². The van der Waals surface area contributed by atoms with E-state index in [1.807, 2.05) is 6.07 Å². The van der Waals surface area contributed by atoms with Crippen molar-refractivity contribution in [2.24, 2.45) is 0 Å². The predicted octanol–water partition coefficient (Wildman–Crippen LogP) is 1.32. The Labute approximate surface area is 162 Å². The number of nitriles is 1. The van der Waals surface area contributed by atoms with Crippen LogP contribution in [0.2, 0.25) is 0 Å². The fourth-order valence-electron chi connectivity index (χ4n) is 3.78. The topological polar surface area (TPSA) is 103 Å². The summed E-state index contributed by atoms with van der Waals surface area (Å²) in [5.74, 6) is 0.506. The van der Waals surface area contributed by atoms with E-state index in [1.165, 1.54) is 0 Å². The third kappa shape index (κ3) is 3.48. The molecule has 0 amide bonds. The van der Waals surface area contributed by atoms with Crippen molar-refractivity contribution < 1.29 is 14.9 Å². The summed E-state index contributed by atoms with van der Waals surface area (Å²) < 4.78 is 6.28. The van der Waals surface area contributed by atoms with Crippen LogP contribution in [-0.2, 0) is 4.74 Å². The zero-order valence-electron chi connectivity index (χ0n) is 15.1. The smallest absolute Gasteiger partial charge is 0.113 e. The summed E-state index contributed by atoms with van der Waals surface area (Å²) in [4.78, 5) is 11.1. The lowest BCUT2D eigenvalue weighted by Gasteiger charge is -2.39. The fourth-order valence-corrected chi connectivity index (χ4v) is 5.17. The Balaban J connectivity index is 1.59. The maximum atomic E-state index is 9.61. The zero-order chi connectivity index (χ0) is 19.0. The summed E-state index contributed by atoms with van der Waals surface area (Å²) in [7, 11) is 0. The number of anilines is 1. The van der Waals surface area contributed by atoms with E-state index < -0.39 is 6.10 Å². The van der Waals surface area contributed by atoms with Crippen LogP contribution in [0.15, 0.2) is 24.5 Å². The van der Waals surface area contributed by atoms with Crippen LogP contribution in [0.3, 0.4) is 0 Å². The first-order valence-electron chi connectivity index (χ1n) is 9.03. The molecule has 4 rings (SSSR count). The third-order valence-corrected chi connectivity index (χ3v) is 6.67. The average Bonchev–Trinajstić information content (AvgIpc) is 3.34. The van der Waals surface area contributed by atoms with Crippen molar-refractivity contribution in [2.75, 3.05) is 30.3 Å². The molecule has 27 heavy (non-hydrogen) atoms. The van der Waals surface area contributed by atoms with E-state index >= 15 is 0 Å². The second-order valence-electron chi connectivity index (χ2n) is 7.23. The van der Waals surface area contributed by atoms with Crippen molar-refractivity contribution in [3.05, 3.63) is 30.1 Å². The average molecular weight is 386 g/mol. The van der Waals surface area contributed by atoms with Crippen molar-refractivity contribution in [3.63, 3.8) is 0 Å². The Hall–Kier alpha value is -1.92. The van der Waals surface area contributed by atoms with Crippen LogP contribution in [0.5, 0.6) is 0 Å². The first-order valence-corrected chi connectivity index (χ1v) is 10.1. The Bertz CT molecular complexity index is 889. The Morgan fingerprint density at radius 3 is 2.93 bits per heavy atom. The standard InChI is InChI=1S/C19H22N4O3S/c1-12-8-23(11-19(26-12)6-16(19)27-10-14(25)9-24)15-3-2-13(7-20)17-18(15)22-5-4-21-17/h2-5,12,14,16,24-25H,6,8-11H2,1H3/t12-,14?,16-,19?/m1/s1. The maximum absolute atomic E-state index is 9.61. The number of aromatic nitrogens is 2. The molecule has 2 fully saturated rings. The van der Waals surface area contributed by atoms with E-state index in [0.717, 1.165) is 30.7 Å². The van der Waals surface area contributed by atoms with Crippen molar-refractivity contribution >= 4 is 28.5 Å². The molecule has 1 aromatic carbocycles. The summed E-state index contributed by atoms with van der Waals surface area (Å²) in [5, 5.41) is 28.3. The van der Waals surface area contributed by atoms with Gasteiger partial charge in [-0.25, -0.2) is 0 Å². The van der Waals surface area contributed by atoms with Gasteiger partial charge in [-0.15, -0.1) is 0 Å². The second kappa shape index (κ2) is 7.24. The van der Waals surface area contributed by atoms with Crippen LogP contribution in [0.1, 0.15) is 18.9 Å². The number of aliphatic hydroxyl groups excluding tert-OH is 2. The molecule has 142 valence electrons. The molecule has 4 atom stereocenters. The fraction of sp³-hybridized carbons (Fsp3) is 0.526. The summed E-state index contributed by atoms with van der Waals surface area (Å²) in [5.41, 5.74) is 2.62. The molecule has 2 aromatic rings. The van der Waals surface area contributed by atoms with Gasteiger partial charge >= 0.3 is 0 Å². The second-order valence-corrected chi connectivity index (χ2v) is 8.47. The molecule has 1 aliphatic heterocycles. The number of hydrogen-bond donors (Lipinski definition) is 2. The van der Waals surface area contributed by atoms with Gasteiger partial charge < -0.3 is 19.8 Å². The normalized spacial score (nSPS) is 28.3. The molecule has 8 heteroatoms. The molecule has 1 aromatic heterocycles. The number of rotatable bonds is 5. The van der Waals surface area contributed by atoms with Crippen LogP contribution in [0, 0.1) is 11.3 Å². The largest absolute Gasteiger partial charge is 0.394 e. The van der Waals surface area contributed by atoms with Gasteiger partial charge in [0.2, 0.25) is 0 Å². The SMILES string of the molecule is C[C@@H]1CN(c2ccc(C#N)c3nccnc23)CC2(C[C@H]2SCC(O)CO)O1. The van der Waals surface area contributed by atoms with Gasteiger partial charge in [0.25, 0.3) is 0 Å². The minimum atomic E-state index is -0.692. The predicted molar refractivity (Wildman–Crippen MR) is 104 cm³/mol. The highest BCUT2D eigenvalue weighted by Crippen LogP contribution is 2.52. The van der Waals surface area contributed by atoms with E-state index in [1.54, 1.807) is 30.2 Å². The lowest BCUT2D eigenvalue weighted by molar-refractivity contribution is -0.0325. The molecule has 1 spiro atoms. The Morgan fingerprint density at radius 2 is 2.19 bits per heavy atom. The molecule has 0 bridgehead atoms. The highest BCUT2D eigenvalue weighted by Gasteiger charge is 2.59. The number of thioether (sulfide) groups is 1. The first-order chi connectivity index (χ1) is 13.1. The number of benzene rings is 1. The number of fused-ring (bicyclic) bond motifs is 1. The monoisotopic (exact) mass is 386 g/mol. The van der Waals surface area contributed by atoms with Crippen LogP contribution in [0.25, 0.3) is 11.0 Å². The molecule has 1 saturated heterocycles. The molecule has 1 saturated carbocycles. The van der Waals surface area contributed by atoms with E-state index in [9.17, 15) is 10.4 Å². The van der Waals surface area contributed by atoms with Crippen LogP contribution in [0.4, 0.5) is 5.69 Å². The van der Waals surface area contributed by atoms with Gasteiger partial charge in [-0.1, -0.05) is 0 Å². The molecule has 1 aliphatic carbocycles. The summed E-state index contributed by atoms with van der Waals surface area (Å²) in [6.07, 6.45) is 3.56.